The van der Waals surface area contributed by atoms with E-state index in [1.807, 2.05) is 0 Å². The molecule has 2 unspecified atom stereocenters. The van der Waals surface area contributed by atoms with E-state index in [0.717, 1.165) is 37.9 Å². The van der Waals surface area contributed by atoms with Gasteiger partial charge in [0.25, 0.3) is 0 Å². The first-order chi connectivity index (χ1) is 13.2. The van der Waals surface area contributed by atoms with E-state index in [1.165, 1.54) is 35.6 Å². The smallest absolute Gasteiger partial charge is 0.217 e. The maximum absolute atomic E-state index is 11.4. The van der Waals surface area contributed by atoms with Gasteiger partial charge in [-0.05, 0) is 71.1 Å². The number of allylic oxidation sites excluding steroid dienone is 1. The summed E-state index contributed by atoms with van der Waals surface area (Å²) in [5.74, 6) is 1.62. The van der Waals surface area contributed by atoms with Crippen LogP contribution in [0.2, 0.25) is 0 Å². The van der Waals surface area contributed by atoms with E-state index in [1.54, 1.807) is 18.1 Å². The zero-order valence-corrected chi connectivity index (χ0v) is 16.1. The number of hydrogen-bond donors (Lipinski definition) is 1. The molecular weight excluding hydrogens is 332 g/mol. The molecule has 0 radical (unpaired) electrons. The number of hydrogen-bond acceptors (Lipinski definition) is 2. The van der Waals surface area contributed by atoms with Gasteiger partial charge in [-0.3, -0.25) is 9.69 Å². The summed E-state index contributed by atoms with van der Waals surface area (Å²) in [6.45, 7) is 4.79. The van der Waals surface area contributed by atoms with Crippen molar-refractivity contribution in [2.75, 3.05) is 19.6 Å². The van der Waals surface area contributed by atoms with Crippen molar-refractivity contribution in [2.45, 2.75) is 38.6 Å². The van der Waals surface area contributed by atoms with Crippen molar-refractivity contribution in [1.29, 1.82) is 0 Å². The Hall–Kier alpha value is -2.13. The number of likely N-dealkylation sites (tertiary alicyclic amines) is 1. The largest absolute Gasteiger partial charge is 0.352 e. The Morgan fingerprint density at radius 3 is 2.74 bits per heavy atom. The standard InChI is InChI=1S/C24H28N2O/c1-16(27)25-22-10-11-26(14-22)15-23-19-7-9-21(13-19)24(23)20-8-6-17-4-2-3-5-18(17)12-20/h2-6,8,12,19,21-22H,7,9-11,13-15H2,1H3,(H,25,27)/t19?,21?,22-/m1/s1. The molecule has 27 heavy (non-hydrogen) atoms. The van der Waals surface area contributed by atoms with Crippen LogP contribution in [0.15, 0.2) is 48.0 Å². The molecule has 5 rings (SSSR count). The second-order valence-corrected chi connectivity index (χ2v) is 8.63. The van der Waals surface area contributed by atoms with Crippen molar-refractivity contribution in [3.63, 3.8) is 0 Å². The number of amides is 1. The zero-order valence-electron chi connectivity index (χ0n) is 16.1. The van der Waals surface area contributed by atoms with Crippen molar-refractivity contribution in [3.8, 4) is 0 Å². The van der Waals surface area contributed by atoms with E-state index in [-0.39, 0.29) is 5.91 Å². The lowest BCUT2D eigenvalue weighted by atomic mass is 9.86. The Balaban J connectivity index is 1.43. The summed E-state index contributed by atoms with van der Waals surface area (Å²) in [5, 5.41) is 5.76. The number of rotatable bonds is 4. The van der Waals surface area contributed by atoms with Crippen molar-refractivity contribution >= 4 is 22.3 Å². The number of benzene rings is 2. The van der Waals surface area contributed by atoms with Crippen molar-refractivity contribution in [2.24, 2.45) is 11.8 Å². The highest BCUT2D eigenvalue weighted by Crippen LogP contribution is 2.52. The third-order valence-corrected chi connectivity index (χ3v) is 6.81. The Morgan fingerprint density at radius 2 is 1.89 bits per heavy atom. The predicted molar refractivity (Wildman–Crippen MR) is 110 cm³/mol. The molecule has 1 N–H and O–H groups in total. The van der Waals surface area contributed by atoms with Gasteiger partial charge in [0.05, 0.1) is 0 Å². The Bertz CT molecular complexity index is 915. The summed E-state index contributed by atoms with van der Waals surface area (Å²) in [4.78, 5) is 13.9. The number of nitrogens with zero attached hydrogens (tertiary/aromatic N) is 1. The molecule has 3 atom stereocenters. The summed E-state index contributed by atoms with van der Waals surface area (Å²) in [6, 6.07) is 16.0. The Labute approximate surface area is 161 Å². The minimum absolute atomic E-state index is 0.0952. The topological polar surface area (TPSA) is 32.3 Å². The van der Waals surface area contributed by atoms with Crippen LogP contribution in [-0.2, 0) is 4.79 Å². The van der Waals surface area contributed by atoms with Gasteiger partial charge in [-0.25, -0.2) is 0 Å². The number of carbonyl (C=O) groups excluding carboxylic acids is 1. The van der Waals surface area contributed by atoms with Crippen LogP contribution in [-0.4, -0.2) is 36.5 Å². The van der Waals surface area contributed by atoms with Gasteiger partial charge in [0.15, 0.2) is 0 Å². The number of carbonyl (C=O) groups is 1. The van der Waals surface area contributed by atoms with Crippen molar-refractivity contribution in [3.05, 3.63) is 53.6 Å². The molecule has 1 saturated heterocycles. The first-order valence-electron chi connectivity index (χ1n) is 10.4. The molecule has 2 aromatic carbocycles. The van der Waals surface area contributed by atoms with E-state index in [2.05, 4.69) is 52.7 Å². The first-order valence-corrected chi connectivity index (χ1v) is 10.4. The third kappa shape index (κ3) is 3.19. The molecular formula is C24H28N2O. The molecule has 2 aromatic rings. The van der Waals surface area contributed by atoms with Gasteiger partial charge < -0.3 is 5.32 Å². The molecule has 2 bridgehead atoms. The summed E-state index contributed by atoms with van der Waals surface area (Å²) in [6.07, 6.45) is 5.14. The van der Waals surface area contributed by atoms with Crippen LogP contribution in [0.1, 0.15) is 38.2 Å². The van der Waals surface area contributed by atoms with E-state index < -0.39 is 0 Å². The third-order valence-electron chi connectivity index (χ3n) is 6.81. The molecule has 3 heteroatoms. The van der Waals surface area contributed by atoms with Gasteiger partial charge in [-0.15, -0.1) is 0 Å². The van der Waals surface area contributed by atoms with Crippen LogP contribution in [0.25, 0.3) is 16.3 Å². The summed E-state index contributed by atoms with van der Waals surface area (Å²) in [5.41, 5.74) is 4.76. The van der Waals surface area contributed by atoms with E-state index in [4.69, 9.17) is 0 Å². The maximum atomic E-state index is 11.4. The summed E-state index contributed by atoms with van der Waals surface area (Å²) < 4.78 is 0. The van der Waals surface area contributed by atoms with Gasteiger partial charge in [-0.2, -0.15) is 0 Å². The second-order valence-electron chi connectivity index (χ2n) is 8.63. The lowest BCUT2D eigenvalue weighted by molar-refractivity contribution is -0.119. The average molecular weight is 361 g/mol. The highest BCUT2D eigenvalue weighted by Gasteiger charge is 2.40. The quantitative estimate of drug-likeness (QED) is 0.885. The fourth-order valence-electron chi connectivity index (χ4n) is 5.66. The molecule has 1 saturated carbocycles. The lowest BCUT2D eigenvalue weighted by Gasteiger charge is -2.25. The highest BCUT2D eigenvalue weighted by molar-refractivity contribution is 5.87. The molecule has 0 aromatic heterocycles. The highest BCUT2D eigenvalue weighted by atomic mass is 16.1. The van der Waals surface area contributed by atoms with Crippen LogP contribution in [0.4, 0.5) is 0 Å². The second kappa shape index (κ2) is 6.79. The maximum Gasteiger partial charge on any atom is 0.217 e. The first kappa shape index (κ1) is 17.0. The van der Waals surface area contributed by atoms with Crippen LogP contribution in [0.5, 0.6) is 0 Å². The number of fused-ring (bicyclic) bond motifs is 3. The average Bonchev–Trinajstić information content (AvgIpc) is 3.38. The zero-order chi connectivity index (χ0) is 18.4. The summed E-state index contributed by atoms with van der Waals surface area (Å²) in [7, 11) is 0. The molecule has 0 spiro atoms. The van der Waals surface area contributed by atoms with Crippen LogP contribution >= 0.6 is 0 Å². The molecule has 1 aliphatic heterocycles. The summed E-state index contributed by atoms with van der Waals surface area (Å²) >= 11 is 0. The SMILES string of the molecule is CC(=O)N[C@@H]1CCN(CC2=C(c3ccc4ccccc4c3)C3CCC2C3)C1. The van der Waals surface area contributed by atoms with E-state index in [0.29, 0.717) is 6.04 Å². The Morgan fingerprint density at radius 1 is 1.07 bits per heavy atom. The number of nitrogens with one attached hydrogen (secondary N) is 1. The van der Waals surface area contributed by atoms with Crippen molar-refractivity contribution < 1.29 is 4.79 Å². The fourth-order valence-corrected chi connectivity index (χ4v) is 5.66. The minimum Gasteiger partial charge on any atom is -0.352 e. The van der Waals surface area contributed by atoms with E-state index in [9.17, 15) is 4.79 Å². The molecule has 3 nitrogen and oxygen atoms in total. The normalized spacial score (nSPS) is 27.7. The molecule has 140 valence electrons. The monoisotopic (exact) mass is 360 g/mol. The van der Waals surface area contributed by atoms with E-state index >= 15 is 0 Å². The van der Waals surface area contributed by atoms with Crippen molar-refractivity contribution in [1.82, 2.24) is 10.2 Å². The van der Waals surface area contributed by atoms with Crippen LogP contribution < -0.4 is 5.32 Å². The Kier molecular flexibility index (Phi) is 4.28. The predicted octanol–water partition coefficient (Wildman–Crippen LogP) is 4.23. The van der Waals surface area contributed by atoms with Gasteiger partial charge in [0, 0.05) is 32.6 Å². The molecule has 2 aliphatic carbocycles. The van der Waals surface area contributed by atoms with Gasteiger partial charge >= 0.3 is 0 Å². The lowest BCUT2D eigenvalue weighted by Crippen LogP contribution is -2.36. The van der Waals surface area contributed by atoms with Gasteiger partial charge in [0.1, 0.15) is 0 Å². The fraction of sp³-hybridized carbons (Fsp3) is 0.458. The van der Waals surface area contributed by atoms with Gasteiger partial charge in [0.2, 0.25) is 5.91 Å². The molecule has 1 amide bonds. The molecule has 3 aliphatic rings. The van der Waals surface area contributed by atoms with Crippen LogP contribution in [0, 0.1) is 11.8 Å². The molecule has 1 heterocycles. The minimum atomic E-state index is 0.0952. The van der Waals surface area contributed by atoms with Crippen LogP contribution in [0.3, 0.4) is 0 Å². The van der Waals surface area contributed by atoms with Gasteiger partial charge in [-0.1, -0.05) is 36.4 Å². The molecule has 2 fully saturated rings.